The second kappa shape index (κ2) is 9.69. The predicted molar refractivity (Wildman–Crippen MR) is 154 cm³/mol. The molecule has 0 aliphatic heterocycles. The number of aromatic nitrogens is 6. The van der Waals surface area contributed by atoms with Crippen molar-refractivity contribution < 1.29 is 14.3 Å². The van der Waals surface area contributed by atoms with Gasteiger partial charge in [0.1, 0.15) is 22.9 Å². The number of phenols is 1. The van der Waals surface area contributed by atoms with Crippen LogP contribution in [0.15, 0.2) is 97.6 Å². The van der Waals surface area contributed by atoms with E-state index in [1.165, 1.54) is 12.1 Å². The van der Waals surface area contributed by atoms with Crippen molar-refractivity contribution in [2.75, 3.05) is 5.32 Å². The van der Waals surface area contributed by atoms with Crippen LogP contribution in [-0.2, 0) is 0 Å². The number of aromatic hydroxyl groups is 1. The molecule has 7 rings (SSSR count). The van der Waals surface area contributed by atoms with Gasteiger partial charge in [-0.05, 0) is 59.7 Å². The van der Waals surface area contributed by atoms with E-state index in [-0.39, 0.29) is 11.7 Å². The van der Waals surface area contributed by atoms with Crippen LogP contribution >= 0.6 is 0 Å². The Morgan fingerprint density at radius 3 is 2.61 bits per heavy atom. The number of pyridine rings is 3. The SMILES string of the molecule is O=C(Nc1cncc(-c2cc3c(-c4cc5c(-c6cc(O)cc(F)c6)ccnc5[nH]4)n[nH]c3cn2)c1)c1ccccc1. The number of phenolic OH excluding ortho intramolecular Hbond substituents is 1. The first-order chi connectivity index (χ1) is 20.0. The van der Waals surface area contributed by atoms with Gasteiger partial charge >= 0.3 is 0 Å². The first-order valence-electron chi connectivity index (χ1n) is 12.7. The predicted octanol–water partition coefficient (Wildman–Crippen LogP) is 6.33. The summed E-state index contributed by atoms with van der Waals surface area (Å²) in [4.78, 5) is 29.2. The third-order valence-electron chi connectivity index (χ3n) is 6.76. The molecule has 41 heavy (non-hydrogen) atoms. The third-order valence-corrected chi connectivity index (χ3v) is 6.76. The standard InChI is InChI=1S/C31H20FN7O2/c32-20-8-18(10-22(40)11-20)23-6-7-34-30-24(23)12-27(37-30)29-25-13-26(35-16-28(25)38-39-29)19-9-21(15-33-14-19)36-31(41)17-4-2-1-3-5-17/h1-16,40H,(H,34,37)(H,36,41)(H,38,39). The Morgan fingerprint density at radius 2 is 1.76 bits per heavy atom. The maximum absolute atomic E-state index is 14.0. The van der Waals surface area contributed by atoms with Gasteiger partial charge in [-0.3, -0.25) is 19.9 Å². The van der Waals surface area contributed by atoms with Crippen LogP contribution in [0.4, 0.5) is 10.1 Å². The summed E-state index contributed by atoms with van der Waals surface area (Å²) in [6, 6.07) is 20.3. The van der Waals surface area contributed by atoms with Crippen molar-refractivity contribution in [2.45, 2.75) is 0 Å². The summed E-state index contributed by atoms with van der Waals surface area (Å²) in [5.74, 6) is -0.917. The Balaban J connectivity index is 1.25. The molecule has 0 unspecified atom stereocenters. The van der Waals surface area contributed by atoms with Crippen LogP contribution in [0.25, 0.3) is 55.7 Å². The Kier molecular flexibility index (Phi) is 5.71. The van der Waals surface area contributed by atoms with Crippen molar-refractivity contribution in [3.8, 4) is 39.5 Å². The molecule has 9 nitrogen and oxygen atoms in total. The fourth-order valence-electron chi connectivity index (χ4n) is 4.86. The molecule has 0 saturated carbocycles. The molecular formula is C31H20FN7O2. The highest BCUT2D eigenvalue weighted by Crippen LogP contribution is 2.35. The highest BCUT2D eigenvalue weighted by Gasteiger charge is 2.16. The molecule has 0 spiro atoms. The van der Waals surface area contributed by atoms with E-state index in [1.54, 1.807) is 43.0 Å². The number of carbonyl (C=O) groups excluding carboxylic acids is 1. The number of fused-ring (bicyclic) bond motifs is 2. The van der Waals surface area contributed by atoms with E-state index < -0.39 is 5.82 Å². The van der Waals surface area contributed by atoms with Gasteiger partial charge in [0.25, 0.3) is 5.91 Å². The molecule has 0 bridgehead atoms. The largest absolute Gasteiger partial charge is 0.508 e. The number of halogens is 1. The summed E-state index contributed by atoms with van der Waals surface area (Å²) in [7, 11) is 0. The lowest BCUT2D eigenvalue weighted by Crippen LogP contribution is -2.11. The van der Waals surface area contributed by atoms with E-state index in [4.69, 9.17) is 0 Å². The average molecular weight is 542 g/mol. The van der Waals surface area contributed by atoms with E-state index in [0.29, 0.717) is 39.5 Å². The van der Waals surface area contributed by atoms with Gasteiger partial charge < -0.3 is 15.4 Å². The monoisotopic (exact) mass is 541 g/mol. The van der Waals surface area contributed by atoms with Crippen LogP contribution < -0.4 is 5.32 Å². The fraction of sp³-hybridized carbons (Fsp3) is 0. The Bertz CT molecular complexity index is 2070. The number of aromatic amines is 2. The minimum atomic E-state index is -0.530. The molecule has 0 saturated heterocycles. The van der Waals surface area contributed by atoms with Crippen molar-refractivity contribution in [1.29, 1.82) is 0 Å². The smallest absolute Gasteiger partial charge is 0.255 e. The van der Waals surface area contributed by atoms with Crippen LogP contribution in [0, 0.1) is 5.82 Å². The number of benzene rings is 2. The molecule has 0 radical (unpaired) electrons. The molecule has 2 aromatic carbocycles. The van der Waals surface area contributed by atoms with Gasteiger partial charge in [-0.2, -0.15) is 5.10 Å². The number of H-pyrrole nitrogens is 2. The maximum atomic E-state index is 14.0. The quantitative estimate of drug-likeness (QED) is 0.201. The summed E-state index contributed by atoms with van der Waals surface area (Å²) in [6.45, 7) is 0. The van der Waals surface area contributed by atoms with Crippen molar-refractivity contribution in [3.63, 3.8) is 0 Å². The summed E-state index contributed by atoms with van der Waals surface area (Å²) < 4.78 is 14.0. The summed E-state index contributed by atoms with van der Waals surface area (Å²) in [5.41, 5.74) is 6.38. The molecule has 0 aliphatic carbocycles. The van der Waals surface area contributed by atoms with Crippen LogP contribution in [0.5, 0.6) is 5.75 Å². The number of amides is 1. The number of rotatable bonds is 5. The summed E-state index contributed by atoms with van der Waals surface area (Å²) >= 11 is 0. The van der Waals surface area contributed by atoms with E-state index >= 15 is 0 Å². The minimum Gasteiger partial charge on any atom is -0.508 e. The molecule has 0 aliphatic rings. The highest BCUT2D eigenvalue weighted by atomic mass is 19.1. The molecule has 0 fully saturated rings. The highest BCUT2D eigenvalue weighted by molar-refractivity contribution is 6.04. The Labute approximate surface area is 231 Å². The Hall–Kier alpha value is -5.90. The molecule has 5 heterocycles. The lowest BCUT2D eigenvalue weighted by molar-refractivity contribution is 0.102. The lowest BCUT2D eigenvalue weighted by atomic mass is 10.0. The molecule has 198 valence electrons. The molecule has 0 atom stereocenters. The summed E-state index contributed by atoms with van der Waals surface area (Å²) in [5, 5.41) is 21.9. The van der Waals surface area contributed by atoms with E-state index in [2.05, 4.69) is 35.5 Å². The van der Waals surface area contributed by atoms with Crippen LogP contribution in [0.2, 0.25) is 0 Å². The average Bonchev–Trinajstić information content (AvgIpc) is 3.61. The molecule has 7 aromatic rings. The lowest BCUT2D eigenvalue weighted by Gasteiger charge is -2.07. The number of hydrogen-bond acceptors (Lipinski definition) is 6. The normalized spacial score (nSPS) is 11.2. The first kappa shape index (κ1) is 24.2. The van der Waals surface area contributed by atoms with Gasteiger partial charge in [0, 0.05) is 40.4 Å². The minimum absolute atomic E-state index is 0.155. The molecular weight excluding hydrogens is 521 g/mol. The van der Waals surface area contributed by atoms with Gasteiger partial charge in [0.2, 0.25) is 0 Å². The molecule has 4 N–H and O–H groups in total. The molecule has 1 amide bonds. The maximum Gasteiger partial charge on any atom is 0.255 e. The number of carbonyl (C=O) groups is 1. The topological polar surface area (TPSA) is 132 Å². The second-order valence-electron chi connectivity index (χ2n) is 9.47. The van der Waals surface area contributed by atoms with E-state index in [1.807, 2.05) is 36.4 Å². The van der Waals surface area contributed by atoms with Gasteiger partial charge in [0.05, 0.1) is 35.0 Å². The number of hydrogen-bond donors (Lipinski definition) is 4. The third kappa shape index (κ3) is 4.53. The van der Waals surface area contributed by atoms with Crippen molar-refractivity contribution in [1.82, 2.24) is 30.1 Å². The zero-order chi connectivity index (χ0) is 27.9. The van der Waals surface area contributed by atoms with Gasteiger partial charge in [0.15, 0.2) is 0 Å². The van der Waals surface area contributed by atoms with Crippen LogP contribution in [0.3, 0.4) is 0 Å². The zero-order valence-corrected chi connectivity index (χ0v) is 21.3. The zero-order valence-electron chi connectivity index (χ0n) is 21.3. The van der Waals surface area contributed by atoms with Crippen LogP contribution in [-0.4, -0.2) is 41.1 Å². The first-order valence-corrected chi connectivity index (χ1v) is 12.7. The summed E-state index contributed by atoms with van der Waals surface area (Å²) in [6.07, 6.45) is 6.58. The van der Waals surface area contributed by atoms with Crippen molar-refractivity contribution in [3.05, 3.63) is 109 Å². The van der Waals surface area contributed by atoms with Crippen molar-refractivity contribution in [2.24, 2.45) is 0 Å². The Morgan fingerprint density at radius 1 is 0.878 bits per heavy atom. The molecule has 5 aromatic heterocycles. The van der Waals surface area contributed by atoms with E-state index in [0.717, 1.165) is 33.5 Å². The fourth-order valence-corrected chi connectivity index (χ4v) is 4.86. The van der Waals surface area contributed by atoms with Gasteiger partial charge in [-0.1, -0.05) is 18.2 Å². The van der Waals surface area contributed by atoms with Crippen LogP contribution in [0.1, 0.15) is 10.4 Å². The molecule has 10 heteroatoms. The number of anilines is 1. The van der Waals surface area contributed by atoms with E-state index in [9.17, 15) is 14.3 Å². The second-order valence-corrected chi connectivity index (χ2v) is 9.47. The van der Waals surface area contributed by atoms with Gasteiger partial charge in [-0.15, -0.1) is 0 Å². The van der Waals surface area contributed by atoms with Crippen molar-refractivity contribution >= 4 is 33.5 Å². The number of nitrogens with one attached hydrogen (secondary N) is 3. The van der Waals surface area contributed by atoms with Gasteiger partial charge in [-0.25, -0.2) is 9.37 Å². The number of nitrogens with zero attached hydrogens (tertiary/aromatic N) is 4.